The Morgan fingerprint density at radius 1 is 1.17 bits per heavy atom. The molecule has 4 rings (SSSR count). The van der Waals surface area contributed by atoms with Crippen LogP contribution in [0.2, 0.25) is 5.02 Å². The van der Waals surface area contributed by atoms with Gasteiger partial charge in [0.1, 0.15) is 11.6 Å². The quantitative estimate of drug-likeness (QED) is 0.658. The number of amides is 1. The first-order valence-electron chi connectivity index (χ1n) is 9.95. The van der Waals surface area contributed by atoms with Crippen molar-refractivity contribution in [1.82, 2.24) is 14.5 Å². The molecule has 0 bridgehead atoms. The van der Waals surface area contributed by atoms with Gasteiger partial charge in [-0.2, -0.15) is 0 Å². The highest BCUT2D eigenvalue weighted by Gasteiger charge is 2.15. The zero-order valence-corrected chi connectivity index (χ0v) is 17.3. The molecule has 1 aromatic heterocycles. The summed E-state index contributed by atoms with van der Waals surface area (Å²) in [5.41, 5.74) is 2.64. The van der Waals surface area contributed by atoms with Crippen LogP contribution >= 0.6 is 11.6 Å². The summed E-state index contributed by atoms with van der Waals surface area (Å²) >= 11 is 6.05. The molecular weight excluding hydrogens is 388 g/mol. The number of hydrogen-bond donors (Lipinski definition) is 1. The highest BCUT2D eigenvalue weighted by Crippen LogP contribution is 2.24. The van der Waals surface area contributed by atoms with E-state index in [1.54, 1.807) is 12.1 Å². The molecule has 0 radical (unpaired) electrons. The van der Waals surface area contributed by atoms with Crippen LogP contribution in [0, 0.1) is 0 Å². The van der Waals surface area contributed by atoms with Gasteiger partial charge in [-0.3, -0.25) is 9.69 Å². The van der Waals surface area contributed by atoms with E-state index < -0.39 is 0 Å². The average Bonchev–Trinajstić information content (AvgIpc) is 3.03. The summed E-state index contributed by atoms with van der Waals surface area (Å²) < 4.78 is 7.63. The van der Waals surface area contributed by atoms with Crippen molar-refractivity contribution < 1.29 is 9.53 Å². The van der Waals surface area contributed by atoms with Gasteiger partial charge in [0, 0.05) is 12.7 Å². The minimum absolute atomic E-state index is 0.107. The van der Waals surface area contributed by atoms with Gasteiger partial charge in [-0.25, -0.2) is 4.98 Å². The number of carbonyl (C=O) groups excluding carboxylic acids is 1. The Kier molecular flexibility index (Phi) is 6.02. The normalized spacial score (nSPS) is 14.8. The summed E-state index contributed by atoms with van der Waals surface area (Å²) in [6.07, 6.45) is 3.84. The molecule has 1 aliphatic rings. The Bertz CT molecular complexity index is 1010. The van der Waals surface area contributed by atoms with E-state index in [2.05, 4.69) is 14.8 Å². The lowest BCUT2D eigenvalue weighted by atomic mass is 10.1. The maximum Gasteiger partial charge on any atom is 0.262 e. The Morgan fingerprint density at radius 2 is 1.97 bits per heavy atom. The van der Waals surface area contributed by atoms with Gasteiger partial charge in [-0.15, -0.1) is 0 Å². The molecular formula is C22H25ClN4O2. The van der Waals surface area contributed by atoms with Crippen molar-refractivity contribution in [2.45, 2.75) is 25.8 Å². The van der Waals surface area contributed by atoms with Crippen LogP contribution in [0.5, 0.6) is 5.75 Å². The van der Waals surface area contributed by atoms with Crippen molar-refractivity contribution in [3.8, 4) is 5.75 Å². The van der Waals surface area contributed by atoms with Gasteiger partial charge in [-0.1, -0.05) is 30.2 Å². The SMILES string of the molecule is Cn1c(CN2CCCCC2)nc2cc(NC(=O)COc3ccccc3Cl)ccc21. The van der Waals surface area contributed by atoms with Crippen molar-refractivity contribution in [3.05, 3.63) is 53.3 Å². The molecule has 3 aromatic rings. The standard InChI is InChI=1S/C22H25ClN4O2/c1-26-19-10-9-16(24-22(28)15-29-20-8-4-3-7-17(20)23)13-18(19)25-21(26)14-27-11-5-2-6-12-27/h3-4,7-10,13H,2,5-6,11-12,14-15H2,1H3,(H,24,28). The molecule has 1 saturated heterocycles. The lowest BCUT2D eigenvalue weighted by Gasteiger charge is -2.25. The maximum atomic E-state index is 12.3. The minimum Gasteiger partial charge on any atom is -0.482 e. The van der Waals surface area contributed by atoms with Crippen LogP contribution in [0.25, 0.3) is 11.0 Å². The van der Waals surface area contributed by atoms with E-state index >= 15 is 0 Å². The highest BCUT2D eigenvalue weighted by molar-refractivity contribution is 6.32. The van der Waals surface area contributed by atoms with E-state index in [-0.39, 0.29) is 12.5 Å². The van der Waals surface area contributed by atoms with E-state index in [0.29, 0.717) is 16.5 Å². The second kappa shape index (κ2) is 8.84. The molecule has 0 unspecified atom stereocenters. The molecule has 29 heavy (non-hydrogen) atoms. The van der Waals surface area contributed by atoms with Crippen LogP contribution in [-0.2, 0) is 18.4 Å². The van der Waals surface area contributed by atoms with Crippen molar-refractivity contribution in [2.24, 2.45) is 7.05 Å². The van der Waals surface area contributed by atoms with Gasteiger partial charge in [0.05, 0.1) is 22.6 Å². The summed E-state index contributed by atoms with van der Waals surface area (Å²) in [7, 11) is 2.05. The predicted molar refractivity (Wildman–Crippen MR) is 115 cm³/mol. The number of benzene rings is 2. The molecule has 7 heteroatoms. The molecule has 1 aliphatic heterocycles. The zero-order valence-electron chi connectivity index (χ0n) is 16.5. The molecule has 1 amide bonds. The van der Waals surface area contributed by atoms with Gasteiger partial charge < -0.3 is 14.6 Å². The Morgan fingerprint density at radius 3 is 2.76 bits per heavy atom. The Hall–Kier alpha value is -2.57. The summed E-state index contributed by atoms with van der Waals surface area (Å²) in [5.74, 6) is 1.30. The van der Waals surface area contributed by atoms with Gasteiger partial charge in [0.25, 0.3) is 5.91 Å². The molecule has 0 spiro atoms. The van der Waals surface area contributed by atoms with Gasteiger partial charge in [0.2, 0.25) is 0 Å². The van der Waals surface area contributed by atoms with Crippen molar-refractivity contribution in [2.75, 3.05) is 25.0 Å². The smallest absolute Gasteiger partial charge is 0.262 e. The maximum absolute atomic E-state index is 12.3. The van der Waals surface area contributed by atoms with E-state index in [9.17, 15) is 4.79 Å². The number of nitrogens with one attached hydrogen (secondary N) is 1. The largest absolute Gasteiger partial charge is 0.482 e. The second-order valence-electron chi connectivity index (χ2n) is 7.39. The number of aryl methyl sites for hydroxylation is 1. The third-order valence-electron chi connectivity index (χ3n) is 5.27. The summed E-state index contributed by atoms with van der Waals surface area (Å²) in [6.45, 7) is 3.02. The number of anilines is 1. The van der Waals surface area contributed by atoms with E-state index in [1.165, 1.54) is 19.3 Å². The molecule has 2 heterocycles. The number of halogens is 1. The topological polar surface area (TPSA) is 59.4 Å². The summed E-state index contributed by atoms with van der Waals surface area (Å²) in [4.78, 5) is 19.5. The predicted octanol–water partition coefficient (Wildman–Crippen LogP) is 4.23. The van der Waals surface area contributed by atoms with Gasteiger partial charge in [-0.05, 0) is 56.3 Å². The number of rotatable bonds is 6. The molecule has 0 saturated carbocycles. The number of nitrogens with zero attached hydrogens (tertiary/aromatic N) is 3. The average molecular weight is 413 g/mol. The van der Waals surface area contributed by atoms with Crippen LogP contribution in [0.15, 0.2) is 42.5 Å². The zero-order chi connectivity index (χ0) is 20.2. The number of carbonyl (C=O) groups is 1. The monoisotopic (exact) mass is 412 g/mol. The number of ether oxygens (including phenoxy) is 1. The number of likely N-dealkylation sites (tertiary alicyclic amines) is 1. The van der Waals surface area contributed by atoms with Crippen LogP contribution < -0.4 is 10.1 Å². The van der Waals surface area contributed by atoms with Crippen molar-refractivity contribution in [3.63, 3.8) is 0 Å². The fourth-order valence-electron chi connectivity index (χ4n) is 3.69. The van der Waals surface area contributed by atoms with Gasteiger partial charge >= 0.3 is 0 Å². The lowest BCUT2D eigenvalue weighted by molar-refractivity contribution is -0.118. The van der Waals surface area contributed by atoms with Crippen LogP contribution in [0.3, 0.4) is 0 Å². The van der Waals surface area contributed by atoms with Crippen LogP contribution in [0.4, 0.5) is 5.69 Å². The number of aromatic nitrogens is 2. The highest BCUT2D eigenvalue weighted by atomic mass is 35.5. The first kappa shape index (κ1) is 19.7. The molecule has 152 valence electrons. The van der Waals surface area contributed by atoms with Crippen molar-refractivity contribution >= 4 is 34.2 Å². The molecule has 1 fully saturated rings. The molecule has 2 aromatic carbocycles. The molecule has 0 aliphatic carbocycles. The Balaban J connectivity index is 1.41. The number of fused-ring (bicyclic) bond motifs is 1. The molecule has 6 nitrogen and oxygen atoms in total. The number of hydrogen-bond acceptors (Lipinski definition) is 4. The number of imidazole rings is 1. The third-order valence-corrected chi connectivity index (χ3v) is 5.58. The fraction of sp³-hybridized carbons (Fsp3) is 0.364. The number of para-hydroxylation sites is 1. The van der Waals surface area contributed by atoms with Crippen LogP contribution in [-0.4, -0.2) is 40.1 Å². The molecule has 0 atom stereocenters. The minimum atomic E-state index is -0.242. The first-order chi connectivity index (χ1) is 14.1. The van der Waals surface area contributed by atoms with Gasteiger partial charge in [0.15, 0.2) is 6.61 Å². The second-order valence-corrected chi connectivity index (χ2v) is 7.80. The summed E-state index contributed by atoms with van der Waals surface area (Å²) in [6, 6.07) is 12.9. The first-order valence-corrected chi connectivity index (χ1v) is 10.3. The van der Waals surface area contributed by atoms with E-state index in [1.807, 2.05) is 37.4 Å². The van der Waals surface area contributed by atoms with E-state index in [4.69, 9.17) is 21.3 Å². The van der Waals surface area contributed by atoms with E-state index in [0.717, 1.165) is 36.5 Å². The van der Waals surface area contributed by atoms with Crippen molar-refractivity contribution in [1.29, 1.82) is 0 Å². The molecule has 1 N–H and O–H groups in total. The number of piperidine rings is 1. The van der Waals surface area contributed by atoms with Crippen LogP contribution in [0.1, 0.15) is 25.1 Å². The Labute approximate surface area is 175 Å². The lowest BCUT2D eigenvalue weighted by Crippen LogP contribution is -2.30. The summed E-state index contributed by atoms with van der Waals surface area (Å²) in [5, 5.41) is 3.35. The third kappa shape index (κ3) is 4.71. The fourth-order valence-corrected chi connectivity index (χ4v) is 3.88.